The second-order valence-electron chi connectivity index (χ2n) is 4.84. The standard InChI is InChI=1S/C13H20ClN3O/c1-3-17-9-12(8-15-17)11-4-6-16(7-5-11)13(18)10(2)14/h8-11H,3-7H2,1-2H3. The van der Waals surface area contributed by atoms with Crippen LogP contribution in [0.15, 0.2) is 12.4 Å². The molecule has 5 heteroatoms. The van der Waals surface area contributed by atoms with Crippen molar-refractivity contribution >= 4 is 17.5 Å². The minimum Gasteiger partial charge on any atom is -0.341 e. The molecule has 0 radical (unpaired) electrons. The molecule has 1 amide bonds. The average molecular weight is 270 g/mol. The molecule has 1 aromatic rings. The minimum atomic E-state index is -0.413. The van der Waals surface area contributed by atoms with Gasteiger partial charge in [0.05, 0.1) is 6.20 Å². The van der Waals surface area contributed by atoms with E-state index in [0.29, 0.717) is 5.92 Å². The summed E-state index contributed by atoms with van der Waals surface area (Å²) >= 11 is 5.83. The Morgan fingerprint density at radius 2 is 2.22 bits per heavy atom. The monoisotopic (exact) mass is 269 g/mol. The molecule has 1 unspecified atom stereocenters. The number of carbonyl (C=O) groups is 1. The lowest BCUT2D eigenvalue weighted by Crippen LogP contribution is -2.41. The molecule has 0 bridgehead atoms. The van der Waals surface area contributed by atoms with E-state index in [2.05, 4.69) is 18.2 Å². The van der Waals surface area contributed by atoms with Crippen molar-refractivity contribution in [2.75, 3.05) is 13.1 Å². The fourth-order valence-electron chi connectivity index (χ4n) is 2.45. The minimum absolute atomic E-state index is 0.0550. The van der Waals surface area contributed by atoms with Crippen LogP contribution in [0.25, 0.3) is 0 Å². The second kappa shape index (κ2) is 5.74. The fraction of sp³-hybridized carbons (Fsp3) is 0.692. The number of carbonyl (C=O) groups excluding carboxylic acids is 1. The first-order valence-electron chi connectivity index (χ1n) is 6.57. The van der Waals surface area contributed by atoms with Crippen LogP contribution in [-0.2, 0) is 11.3 Å². The van der Waals surface area contributed by atoms with Gasteiger partial charge in [0.15, 0.2) is 0 Å². The molecule has 1 fully saturated rings. The van der Waals surface area contributed by atoms with Crippen molar-refractivity contribution in [2.45, 2.75) is 44.5 Å². The summed E-state index contributed by atoms with van der Waals surface area (Å²) in [5.41, 5.74) is 1.29. The van der Waals surface area contributed by atoms with Crippen LogP contribution in [0.3, 0.4) is 0 Å². The zero-order chi connectivity index (χ0) is 13.1. The lowest BCUT2D eigenvalue weighted by atomic mass is 9.91. The molecule has 1 atom stereocenters. The van der Waals surface area contributed by atoms with Gasteiger partial charge >= 0.3 is 0 Å². The molecule has 1 aromatic heterocycles. The first kappa shape index (κ1) is 13.4. The van der Waals surface area contributed by atoms with Gasteiger partial charge in [-0.05, 0) is 38.2 Å². The fourth-order valence-corrected chi connectivity index (χ4v) is 2.59. The number of aromatic nitrogens is 2. The summed E-state index contributed by atoms with van der Waals surface area (Å²) in [5, 5.41) is 3.89. The normalized spacial score (nSPS) is 18.9. The van der Waals surface area contributed by atoms with Crippen molar-refractivity contribution in [2.24, 2.45) is 0 Å². The zero-order valence-corrected chi connectivity index (χ0v) is 11.7. The second-order valence-corrected chi connectivity index (χ2v) is 5.50. The van der Waals surface area contributed by atoms with E-state index >= 15 is 0 Å². The van der Waals surface area contributed by atoms with Crippen molar-refractivity contribution in [1.82, 2.24) is 14.7 Å². The van der Waals surface area contributed by atoms with Crippen LogP contribution in [0, 0.1) is 0 Å². The Kier molecular flexibility index (Phi) is 4.27. The maximum Gasteiger partial charge on any atom is 0.240 e. The van der Waals surface area contributed by atoms with Crippen LogP contribution in [0.4, 0.5) is 0 Å². The first-order valence-corrected chi connectivity index (χ1v) is 7.00. The molecule has 1 aliphatic heterocycles. The zero-order valence-electron chi connectivity index (χ0n) is 11.0. The molecule has 0 saturated carbocycles. The van der Waals surface area contributed by atoms with E-state index in [1.807, 2.05) is 15.8 Å². The van der Waals surface area contributed by atoms with Gasteiger partial charge in [0, 0.05) is 25.8 Å². The van der Waals surface area contributed by atoms with Crippen LogP contribution in [0.5, 0.6) is 0 Å². The van der Waals surface area contributed by atoms with Gasteiger partial charge in [0.1, 0.15) is 5.38 Å². The highest BCUT2D eigenvalue weighted by Gasteiger charge is 2.26. The number of hydrogen-bond donors (Lipinski definition) is 0. The number of amides is 1. The Hall–Kier alpha value is -1.03. The quantitative estimate of drug-likeness (QED) is 0.790. The number of nitrogens with zero attached hydrogens (tertiary/aromatic N) is 3. The van der Waals surface area contributed by atoms with Crippen molar-refractivity contribution in [3.63, 3.8) is 0 Å². The van der Waals surface area contributed by atoms with Gasteiger partial charge in [0.2, 0.25) is 5.91 Å². The summed E-state index contributed by atoms with van der Waals surface area (Å²) < 4.78 is 1.95. The van der Waals surface area contributed by atoms with Gasteiger partial charge < -0.3 is 4.90 Å². The van der Waals surface area contributed by atoms with Gasteiger partial charge in [-0.3, -0.25) is 9.48 Å². The number of alkyl halides is 1. The van der Waals surface area contributed by atoms with E-state index in [1.54, 1.807) is 6.92 Å². The topological polar surface area (TPSA) is 38.1 Å². The average Bonchev–Trinajstić information content (AvgIpc) is 2.86. The van der Waals surface area contributed by atoms with Crippen LogP contribution in [0.2, 0.25) is 0 Å². The Morgan fingerprint density at radius 1 is 1.56 bits per heavy atom. The molecule has 1 aliphatic rings. The van der Waals surface area contributed by atoms with Crippen molar-refractivity contribution in [1.29, 1.82) is 0 Å². The highest BCUT2D eigenvalue weighted by atomic mass is 35.5. The summed E-state index contributed by atoms with van der Waals surface area (Å²) in [6.07, 6.45) is 6.08. The maximum atomic E-state index is 11.8. The molecule has 18 heavy (non-hydrogen) atoms. The SMILES string of the molecule is CCn1cc(C2CCN(C(=O)C(C)Cl)CC2)cn1. The molecule has 0 aromatic carbocycles. The summed E-state index contributed by atoms with van der Waals surface area (Å²) in [6, 6.07) is 0. The molecular weight excluding hydrogens is 250 g/mol. The predicted molar refractivity (Wildman–Crippen MR) is 71.8 cm³/mol. The van der Waals surface area contributed by atoms with E-state index < -0.39 is 5.38 Å². The summed E-state index contributed by atoms with van der Waals surface area (Å²) in [6.45, 7) is 6.33. The Bertz CT molecular complexity index is 408. The third-order valence-electron chi connectivity index (χ3n) is 3.60. The lowest BCUT2D eigenvalue weighted by Gasteiger charge is -2.32. The number of piperidine rings is 1. The predicted octanol–water partition coefficient (Wildman–Crippen LogP) is 2.24. The van der Waals surface area contributed by atoms with Crippen LogP contribution in [-0.4, -0.2) is 39.1 Å². The molecule has 0 N–H and O–H groups in total. The smallest absolute Gasteiger partial charge is 0.240 e. The number of rotatable bonds is 3. The molecular formula is C13H20ClN3O. The Morgan fingerprint density at radius 3 is 2.72 bits per heavy atom. The van der Waals surface area contributed by atoms with Gasteiger partial charge in [-0.2, -0.15) is 5.10 Å². The highest BCUT2D eigenvalue weighted by Crippen LogP contribution is 2.28. The number of hydrogen-bond acceptors (Lipinski definition) is 2. The van der Waals surface area contributed by atoms with Gasteiger partial charge in [-0.1, -0.05) is 0 Å². The first-order chi connectivity index (χ1) is 8.61. The summed E-state index contributed by atoms with van der Waals surface area (Å²) in [7, 11) is 0. The van der Waals surface area contributed by atoms with Crippen LogP contribution in [0.1, 0.15) is 38.2 Å². The lowest BCUT2D eigenvalue weighted by molar-refractivity contribution is -0.131. The van der Waals surface area contributed by atoms with E-state index in [1.165, 1.54) is 5.56 Å². The molecule has 100 valence electrons. The van der Waals surface area contributed by atoms with Crippen molar-refractivity contribution in [3.05, 3.63) is 18.0 Å². The third kappa shape index (κ3) is 2.86. The van der Waals surface area contributed by atoms with E-state index in [-0.39, 0.29) is 5.91 Å². The van der Waals surface area contributed by atoms with E-state index in [9.17, 15) is 4.79 Å². The summed E-state index contributed by atoms with van der Waals surface area (Å²) in [4.78, 5) is 13.6. The number of aryl methyl sites for hydroxylation is 1. The maximum absolute atomic E-state index is 11.8. The molecule has 2 rings (SSSR count). The Balaban J connectivity index is 1.92. The van der Waals surface area contributed by atoms with Crippen molar-refractivity contribution in [3.8, 4) is 0 Å². The highest BCUT2D eigenvalue weighted by molar-refractivity contribution is 6.30. The van der Waals surface area contributed by atoms with Crippen LogP contribution < -0.4 is 0 Å². The molecule has 2 heterocycles. The number of likely N-dealkylation sites (tertiary alicyclic amines) is 1. The van der Waals surface area contributed by atoms with E-state index in [0.717, 1.165) is 32.5 Å². The van der Waals surface area contributed by atoms with Crippen LogP contribution >= 0.6 is 11.6 Å². The van der Waals surface area contributed by atoms with Gasteiger partial charge in [0.25, 0.3) is 0 Å². The molecule has 1 saturated heterocycles. The largest absolute Gasteiger partial charge is 0.341 e. The molecule has 4 nitrogen and oxygen atoms in total. The van der Waals surface area contributed by atoms with Crippen molar-refractivity contribution < 1.29 is 4.79 Å². The van der Waals surface area contributed by atoms with Gasteiger partial charge in [-0.15, -0.1) is 11.6 Å². The molecule has 0 spiro atoms. The van der Waals surface area contributed by atoms with Gasteiger partial charge in [-0.25, -0.2) is 0 Å². The Labute approximate surface area is 113 Å². The third-order valence-corrected chi connectivity index (χ3v) is 3.78. The molecule has 0 aliphatic carbocycles. The van der Waals surface area contributed by atoms with E-state index in [4.69, 9.17) is 11.6 Å². The summed E-state index contributed by atoms with van der Waals surface area (Å²) in [5.74, 6) is 0.583. The number of halogens is 1.